The summed E-state index contributed by atoms with van der Waals surface area (Å²) in [4.78, 5) is 24.0. The second kappa shape index (κ2) is 5.70. The Hall–Kier alpha value is -1.10. The van der Waals surface area contributed by atoms with Gasteiger partial charge in [0.15, 0.2) is 0 Å². The number of aliphatic carboxylic acids is 1. The van der Waals surface area contributed by atoms with Crippen LogP contribution in [0.15, 0.2) is 0 Å². The molecule has 5 nitrogen and oxygen atoms in total. The Bertz CT molecular complexity index is 238. The van der Waals surface area contributed by atoms with E-state index in [0.29, 0.717) is 13.2 Å². The van der Waals surface area contributed by atoms with E-state index in [4.69, 9.17) is 9.84 Å². The molecule has 0 saturated heterocycles. The maximum Gasteiger partial charge on any atom is 0.329 e. The lowest BCUT2D eigenvalue weighted by atomic mass is 10.0. The SMILES string of the molecule is CCN(C(=O)CCOC)C(C)(C)C(=O)O. The predicted octanol–water partition coefficient (Wildman–Crippen LogP) is 0.735. The average Bonchev–Trinajstić information content (AvgIpc) is 2.15. The van der Waals surface area contributed by atoms with Crippen molar-refractivity contribution in [3.05, 3.63) is 0 Å². The first-order valence-corrected chi connectivity index (χ1v) is 4.90. The van der Waals surface area contributed by atoms with Gasteiger partial charge in [-0.05, 0) is 20.8 Å². The van der Waals surface area contributed by atoms with Crippen LogP contribution in [-0.2, 0) is 14.3 Å². The number of carboxylic acid groups (broad SMARTS) is 1. The highest BCUT2D eigenvalue weighted by Gasteiger charge is 2.36. The van der Waals surface area contributed by atoms with Crippen LogP contribution in [0.5, 0.6) is 0 Å². The van der Waals surface area contributed by atoms with Crippen LogP contribution in [0.3, 0.4) is 0 Å². The van der Waals surface area contributed by atoms with Crippen LogP contribution < -0.4 is 0 Å². The summed E-state index contributed by atoms with van der Waals surface area (Å²) in [5.41, 5.74) is -1.17. The number of carbonyl (C=O) groups excluding carboxylic acids is 1. The fraction of sp³-hybridized carbons (Fsp3) is 0.800. The highest BCUT2D eigenvalue weighted by atomic mass is 16.5. The molecule has 0 heterocycles. The zero-order chi connectivity index (χ0) is 12.1. The molecule has 0 bridgehead atoms. The molecule has 5 heteroatoms. The minimum Gasteiger partial charge on any atom is -0.480 e. The van der Waals surface area contributed by atoms with Crippen molar-refractivity contribution in [1.82, 2.24) is 4.90 Å². The highest BCUT2D eigenvalue weighted by molar-refractivity contribution is 5.86. The first-order chi connectivity index (χ1) is 6.87. The molecule has 0 aliphatic rings. The van der Waals surface area contributed by atoms with Crippen molar-refractivity contribution < 1.29 is 19.4 Å². The second-order valence-electron chi connectivity index (χ2n) is 3.74. The number of carboxylic acids is 1. The third-order valence-electron chi connectivity index (χ3n) is 2.34. The second-order valence-corrected chi connectivity index (χ2v) is 3.74. The summed E-state index contributed by atoms with van der Waals surface area (Å²) in [6, 6.07) is 0. The minimum atomic E-state index is -1.17. The molecule has 88 valence electrons. The van der Waals surface area contributed by atoms with Gasteiger partial charge in [0.1, 0.15) is 5.54 Å². The van der Waals surface area contributed by atoms with Crippen LogP contribution in [0.2, 0.25) is 0 Å². The van der Waals surface area contributed by atoms with Gasteiger partial charge in [0, 0.05) is 13.7 Å². The maximum absolute atomic E-state index is 11.7. The van der Waals surface area contributed by atoms with E-state index in [1.54, 1.807) is 6.92 Å². The monoisotopic (exact) mass is 217 g/mol. The fourth-order valence-corrected chi connectivity index (χ4v) is 1.32. The molecule has 0 atom stereocenters. The lowest BCUT2D eigenvalue weighted by Gasteiger charge is -2.34. The van der Waals surface area contributed by atoms with Gasteiger partial charge in [-0.15, -0.1) is 0 Å². The Morgan fingerprint density at radius 1 is 1.40 bits per heavy atom. The quantitative estimate of drug-likeness (QED) is 0.712. The molecule has 1 N–H and O–H groups in total. The molecule has 1 amide bonds. The first-order valence-electron chi connectivity index (χ1n) is 4.90. The Kier molecular flexibility index (Phi) is 5.28. The lowest BCUT2D eigenvalue weighted by molar-refractivity contribution is -0.157. The van der Waals surface area contributed by atoms with Gasteiger partial charge in [0.2, 0.25) is 5.91 Å². The summed E-state index contributed by atoms with van der Waals surface area (Å²) in [6.45, 7) is 5.48. The molecule has 15 heavy (non-hydrogen) atoms. The van der Waals surface area contributed by atoms with Crippen LogP contribution in [0, 0.1) is 0 Å². The number of likely N-dealkylation sites (N-methyl/N-ethyl adjacent to an activating group) is 1. The minimum absolute atomic E-state index is 0.202. The molecule has 0 aromatic carbocycles. The van der Waals surface area contributed by atoms with Gasteiger partial charge in [-0.2, -0.15) is 0 Å². The molecule has 0 aliphatic heterocycles. The number of nitrogens with zero attached hydrogens (tertiary/aromatic N) is 1. The third kappa shape index (κ3) is 3.51. The molecule has 0 aromatic rings. The van der Waals surface area contributed by atoms with E-state index >= 15 is 0 Å². The predicted molar refractivity (Wildman–Crippen MR) is 55.6 cm³/mol. The van der Waals surface area contributed by atoms with E-state index in [-0.39, 0.29) is 12.3 Å². The number of rotatable bonds is 6. The molecular weight excluding hydrogens is 198 g/mol. The van der Waals surface area contributed by atoms with E-state index in [1.807, 2.05) is 0 Å². The molecule has 0 fully saturated rings. The van der Waals surface area contributed by atoms with Crippen molar-refractivity contribution in [3.63, 3.8) is 0 Å². The summed E-state index contributed by atoms with van der Waals surface area (Å²) >= 11 is 0. The van der Waals surface area contributed by atoms with Gasteiger partial charge in [-0.25, -0.2) is 4.79 Å². The Morgan fingerprint density at radius 3 is 2.27 bits per heavy atom. The topological polar surface area (TPSA) is 66.8 Å². The van der Waals surface area contributed by atoms with Crippen molar-refractivity contribution in [1.29, 1.82) is 0 Å². The standard InChI is InChI=1S/C10H19NO4/c1-5-11(8(12)6-7-15-4)10(2,3)9(13)14/h5-7H2,1-4H3,(H,13,14). The van der Waals surface area contributed by atoms with Crippen molar-refractivity contribution >= 4 is 11.9 Å². The highest BCUT2D eigenvalue weighted by Crippen LogP contribution is 2.15. The smallest absolute Gasteiger partial charge is 0.329 e. The molecule has 0 rings (SSSR count). The average molecular weight is 217 g/mol. The normalized spacial score (nSPS) is 11.2. The zero-order valence-corrected chi connectivity index (χ0v) is 9.74. The number of hydrogen-bond acceptors (Lipinski definition) is 3. The van der Waals surface area contributed by atoms with Crippen LogP contribution >= 0.6 is 0 Å². The Labute approximate surface area is 90.0 Å². The number of carbonyl (C=O) groups is 2. The Balaban J connectivity index is 4.61. The summed E-state index contributed by atoms with van der Waals surface area (Å²) in [7, 11) is 1.51. The van der Waals surface area contributed by atoms with E-state index < -0.39 is 11.5 Å². The van der Waals surface area contributed by atoms with E-state index in [9.17, 15) is 9.59 Å². The molecular formula is C10H19NO4. The van der Waals surface area contributed by atoms with E-state index in [0.717, 1.165) is 0 Å². The van der Waals surface area contributed by atoms with Gasteiger partial charge in [-0.3, -0.25) is 4.79 Å². The van der Waals surface area contributed by atoms with Crippen molar-refractivity contribution in [3.8, 4) is 0 Å². The van der Waals surface area contributed by atoms with Crippen LogP contribution in [0.4, 0.5) is 0 Å². The molecule has 0 aliphatic carbocycles. The molecule has 0 aromatic heterocycles. The van der Waals surface area contributed by atoms with Gasteiger partial charge < -0.3 is 14.7 Å². The number of hydrogen-bond donors (Lipinski definition) is 1. The van der Waals surface area contributed by atoms with Crippen molar-refractivity contribution in [2.75, 3.05) is 20.3 Å². The van der Waals surface area contributed by atoms with Crippen molar-refractivity contribution in [2.24, 2.45) is 0 Å². The largest absolute Gasteiger partial charge is 0.480 e. The summed E-state index contributed by atoms with van der Waals surface area (Å²) < 4.78 is 4.79. The van der Waals surface area contributed by atoms with Gasteiger partial charge in [0.25, 0.3) is 0 Å². The summed E-state index contributed by atoms with van der Waals surface area (Å²) in [6.07, 6.45) is 0.209. The zero-order valence-electron chi connectivity index (χ0n) is 9.74. The van der Waals surface area contributed by atoms with E-state index in [2.05, 4.69) is 0 Å². The lowest BCUT2D eigenvalue weighted by Crippen LogP contribution is -2.53. The van der Waals surface area contributed by atoms with E-state index in [1.165, 1.54) is 25.9 Å². The van der Waals surface area contributed by atoms with Crippen LogP contribution in [0.1, 0.15) is 27.2 Å². The third-order valence-corrected chi connectivity index (χ3v) is 2.34. The molecule has 0 radical (unpaired) electrons. The number of ether oxygens (including phenoxy) is 1. The molecule has 0 saturated carbocycles. The number of amides is 1. The van der Waals surface area contributed by atoms with Gasteiger partial charge in [0.05, 0.1) is 13.0 Å². The van der Waals surface area contributed by atoms with Gasteiger partial charge in [-0.1, -0.05) is 0 Å². The summed E-state index contributed by atoms with van der Waals surface area (Å²) in [5, 5.41) is 8.99. The molecule has 0 unspecified atom stereocenters. The Morgan fingerprint density at radius 2 is 1.93 bits per heavy atom. The summed E-state index contributed by atoms with van der Waals surface area (Å²) in [5.74, 6) is -1.21. The van der Waals surface area contributed by atoms with Crippen LogP contribution in [0.25, 0.3) is 0 Å². The van der Waals surface area contributed by atoms with Crippen LogP contribution in [-0.4, -0.2) is 47.7 Å². The maximum atomic E-state index is 11.7. The first kappa shape index (κ1) is 13.9. The number of methoxy groups -OCH3 is 1. The van der Waals surface area contributed by atoms with Gasteiger partial charge >= 0.3 is 5.97 Å². The fourth-order valence-electron chi connectivity index (χ4n) is 1.32. The molecule has 0 spiro atoms. The van der Waals surface area contributed by atoms with Crippen molar-refractivity contribution in [2.45, 2.75) is 32.7 Å².